The second-order valence-corrected chi connectivity index (χ2v) is 6.61. The second kappa shape index (κ2) is 7.83. The minimum atomic E-state index is 0.269. The Kier molecular flexibility index (Phi) is 5.53. The highest BCUT2D eigenvalue weighted by atomic mass is 16.5. The molecule has 5 nitrogen and oxygen atoms in total. The van der Waals surface area contributed by atoms with Crippen molar-refractivity contribution in [1.29, 1.82) is 0 Å². The molecule has 1 N–H and O–H groups in total. The molecule has 1 aliphatic carbocycles. The highest BCUT2D eigenvalue weighted by Crippen LogP contribution is 2.30. The molecule has 1 fully saturated rings. The third-order valence-electron chi connectivity index (χ3n) is 5.23. The Bertz CT molecular complexity index is 765. The van der Waals surface area contributed by atoms with Gasteiger partial charge in [0, 0.05) is 29.5 Å². The molecule has 0 atom stereocenters. The molecule has 25 heavy (non-hydrogen) atoms. The predicted molar refractivity (Wildman–Crippen MR) is 98.8 cm³/mol. The molecule has 134 valence electrons. The van der Waals surface area contributed by atoms with Crippen LogP contribution in [0.25, 0.3) is 10.9 Å². The van der Waals surface area contributed by atoms with Crippen molar-refractivity contribution in [2.75, 3.05) is 14.2 Å². The van der Waals surface area contributed by atoms with Gasteiger partial charge in [0.05, 0.1) is 24.4 Å². The molecule has 1 aliphatic rings. The topological polar surface area (TPSA) is 63.9 Å². The maximum Gasteiger partial charge on any atom is 0.216 e. The van der Waals surface area contributed by atoms with Crippen LogP contribution in [0.3, 0.4) is 0 Å². The molecule has 3 rings (SSSR count). The molecule has 1 aromatic heterocycles. The summed E-state index contributed by atoms with van der Waals surface area (Å²) < 4.78 is 10.8. The number of methoxy groups -OCH3 is 2. The van der Waals surface area contributed by atoms with Crippen LogP contribution in [0.15, 0.2) is 29.4 Å². The van der Waals surface area contributed by atoms with Gasteiger partial charge in [0.2, 0.25) is 5.88 Å². The minimum Gasteiger partial charge on any atom is -0.481 e. The van der Waals surface area contributed by atoms with E-state index < -0.39 is 0 Å². The number of ether oxygens (including phenoxy) is 2. The quantitative estimate of drug-likeness (QED) is 0.503. The zero-order chi connectivity index (χ0) is 17.8. The molecule has 1 aromatic carbocycles. The van der Waals surface area contributed by atoms with Gasteiger partial charge in [-0.05, 0) is 50.3 Å². The van der Waals surface area contributed by atoms with Crippen molar-refractivity contribution in [3.63, 3.8) is 0 Å². The lowest BCUT2D eigenvalue weighted by atomic mass is 9.82. The summed E-state index contributed by atoms with van der Waals surface area (Å²) in [6.45, 7) is 2.09. The van der Waals surface area contributed by atoms with Crippen molar-refractivity contribution in [3.05, 3.63) is 35.4 Å². The van der Waals surface area contributed by atoms with Gasteiger partial charge in [0.1, 0.15) is 0 Å². The normalized spacial score (nSPS) is 21.5. The molecule has 0 spiro atoms. The first-order valence-corrected chi connectivity index (χ1v) is 8.92. The molecule has 0 radical (unpaired) electrons. The van der Waals surface area contributed by atoms with E-state index in [9.17, 15) is 5.21 Å². The van der Waals surface area contributed by atoms with Gasteiger partial charge in [-0.25, -0.2) is 4.98 Å². The Morgan fingerprint density at radius 1 is 1.20 bits per heavy atom. The van der Waals surface area contributed by atoms with Gasteiger partial charge >= 0.3 is 0 Å². The number of aryl methyl sites for hydroxylation is 1. The summed E-state index contributed by atoms with van der Waals surface area (Å²) in [7, 11) is 3.41. The molecule has 2 aromatic rings. The summed E-state index contributed by atoms with van der Waals surface area (Å²) in [6.07, 6.45) is 5.17. The first-order valence-electron chi connectivity index (χ1n) is 8.92. The average molecular weight is 342 g/mol. The fourth-order valence-corrected chi connectivity index (χ4v) is 3.74. The van der Waals surface area contributed by atoms with Crippen molar-refractivity contribution in [1.82, 2.24) is 4.98 Å². The van der Waals surface area contributed by atoms with Crippen molar-refractivity contribution >= 4 is 16.6 Å². The monoisotopic (exact) mass is 342 g/mol. The SMILES string of the molecule is CCc1cc2cc(/C(=N/O)C3CCC(OC)CC3)ccc2nc1OC. The predicted octanol–water partition coefficient (Wildman–Crippen LogP) is 4.19. The van der Waals surface area contributed by atoms with E-state index in [0.717, 1.165) is 59.8 Å². The van der Waals surface area contributed by atoms with Gasteiger partial charge < -0.3 is 14.7 Å². The number of benzene rings is 1. The molecule has 1 saturated carbocycles. The maximum absolute atomic E-state index is 9.63. The summed E-state index contributed by atoms with van der Waals surface area (Å²) in [5, 5.41) is 14.3. The van der Waals surface area contributed by atoms with Crippen LogP contribution >= 0.6 is 0 Å². The fourth-order valence-electron chi connectivity index (χ4n) is 3.74. The number of rotatable bonds is 5. The van der Waals surface area contributed by atoms with E-state index in [0.29, 0.717) is 12.0 Å². The highest BCUT2D eigenvalue weighted by molar-refractivity contribution is 6.04. The molecule has 0 saturated heterocycles. The number of hydrogen-bond donors (Lipinski definition) is 1. The minimum absolute atomic E-state index is 0.269. The van der Waals surface area contributed by atoms with E-state index in [-0.39, 0.29) is 5.92 Å². The van der Waals surface area contributed by atoms with Crippen molar-refractivity contribution in [2.24, 2.45) is 11.1 Å². The Morgan fingerprint density at radius 3 is 2.56 bits per heavy atom. The molecule has 5 heteroatoms. The zero-order valence-corrected chi connectivity index (χ0v) is 15.2. The Morgan fingerprint density at radius 2 is 1.96 bits per heavy atom. The van der Waals surface area contributed by atoms with Crippen LogP contribution in [-0.2, 0) is 11.2 Å². The van der Waals surface area contributed by atoms with E-state index in [2.05, 4.69) is 29.2 Å². The molecule has 0 amide bonds. The average Bonchev–Trinajstić information content (AvgIpc) is 2.67. The van der Waals surface area contributed by atoms with Crippen LogP contribution in [0.1, 0.15) is 43.7 Å². The van der Waals surface area contributed by atoms with Gasteiger partial charge in [0.25, 0.3) is 0 Å². The van der Waals surface area contributed by atoms with Crippen LogP contribution < -0.4 is 4.74 Å². The Balaban J connectivity index is 1.92. The second-order valence-electron chi connectivity index (χ2n) is 6.61. The molecule has 0 unspecified atom stereocenters. The van der Waals surface area contributed by atoms with E-state index in [4.69, 9.17) is 9.47 Å². The maximum atomic E-state index is 9.63. The number of pyridine rings is 1. The fraction of sp³-hybridized carbons (Fsp3) is 0.500. The smallest absolute Gasteiger partial charge is 0.216 e. The van der Waals surface area contributed by atoms with E-state index in [1.165, 1.54) is 0 Å². The Labute approximate surface area is 148 Å². The summed E-state index contributed by atoms with van der Waals surface area (Å²) in [5.74, 6) is 0.947. The summed E-state index contributed by atoms with van der Waals surface area (Å²) in [4.78, 5) is 4.58. The largest absolute Gasteiger partial charge is 0.481 e. The van der Waals surface area contributed by atoms with Crippen molar-refractivity contribution in [2.45, 2.75) is 45.1 Å². The van der Waals surface area contributed by atoms with Crippen LogP contribution in [0.2, 0.25) is 0 Å². The standard InChI is InChI=1S/C20H26N2O3/c1-4-13-11-16-12-15(7-10-18(16)21-20(13)25-3)19(22-23)14-5-8-17(24-2)9-6-14/h7,10-12,14,17,23H,4-6,8-9H2,1-3H3/b22-19+. The van der Waals surface area contributed by atoms with Crippen LogP contribution in [-0.4, -0.2) is 36.2 Å². The lowest BCUT2D eigenvalue weighted by Gasteiger charge is -2.28. The third-order valence-corrected chi connectivity index (χ3v) is 5.23. The van der Waals surface area contributed by atoms with Gasteiger partial charge in [-0.2, -0.15) is 0 Å². The number of nitrogens with zero attached hydrogens (tertiary/aromatic N) is 2. The van der Waals surface area contributed by atoms with Crippen LogP contribution in [0.4, 0.5) is 0 Å². The molecule has 0 bridgehead atoms. The number of hydrogen-bond acceptors (Lipinski definition) is 5. The molecule has 0 aliphatic heterocycles. The van der Waals surface area contributed by atoms with Crippen LogP contribution in [0.5, 0.6) is 5.88 Å². The van der Waals surface area contributed by atoms with E-state index in [1.54, 1.807) is 14.2 Å². The molecular formula is C20H26N2O3. The van der Waals surface area contributed by atoms with Gasteiger partial charge in [-0.1, -0.05) is 18.1 Å². The number of aromatic nitrogens is 1. The van der Waals surface area contributed by atoms with Gasteiger partial charge in [-0.15, -0.1) is 0 Å². The summed E-state index contributed by atoms with van der Waals surface area (Å²) >= 11 is 0. The zero-order valence-electron chi connectivity index (χ0n) is 15.2. The highest BCUT2D eigenvalue weighted by Gasteiger charge is 2.26. The first kappa shape index (κ1) is 17.7. The lowest BCUT2D eigenvalue weighted by molar-refractivity contribution is 0.0644. The summed E-state index contributed by atoms with van der Waals surface area (Å²) in [5.41, 5.74) is 3.70. The van der Waals surface area contributed by atoms with Crippen LogP contribution in [0, 0.1) is 5.92 Å². The van der Waals surface area contributed by atoms with Gasteiger partial charge in [0.15, 0.2) is 0 Å². The van der Waals surface area contributed by atoms with Crippen molar-refractivity contribution in [3.8, 4) is 5.88 Å². The molecule has 1 heterocycles. The number of oxime groups is 1. The lowest BCUT2D eigenvalue weighted by Crippen LogP contribution is -2.26. The molecular weight excluding hydrogens is 316 g/mol. The number of fused-ring (bicyclic) bond motifs is 1. The first-order chi connectivity index (χ1) is 12.2. The third kappa shape index (κ3) is 3.61. The summed E-state index contributed by atoms with van der Waals surface area (Å²) in [6, 6.07) is 8.14. The van der Waals surface area contributed by atoms with Crippen molar-refractivity contribution < 1.29 is 14.7 Å². The van der Waals surface area contributed by atoms with E-state index >= 15 is 0 Å². The Hall–Kier alpha value is -2.14. The van der Waals surface area contributed by atoms with E-state index in [1.807, 2.05) is 12.1 Å². The van der Waals surface area contributed by atoms with Gasteiger partial charge in [-0.3, -0.25) is 0 Å².